The number of aryl methyl sites for hydroxylation is 5. The van der Waals surface area contributed by atoms with Gasteiger partial charge in [-0.3, -0.25) is 0 Å². The number of aromatic amines is 1. The highest BCUT2D eigenvalue weighted by molar-refractivity contribution is 5.65. The minimum absolute atomic E-state index is 0.958. The van der Waals surface area contributed by atoms with Gasteiger partial charge in [0, 0.05) is 18.0 Å². The third-order valence-corrected chi connectivity index (χ3v) is 3.84. The number of aromatic nitrogens is 2. The van der Waals surface area contributed by atoms with E-state index in [4.69, 9.17) is 0 Å². The summed E-state index contributed by atoms with van der Waals surface area (Å²) in [5, 5.41) is 0. The van der Waals surface area contributed by atoms with Crippen molar-refractivity contribution in [1.29, 1.82) is 0 Å². The van der Waals surface area contributed by atoms with Crippen molar-refractivity contribution >= 4 is 0 Å². The number of rotatable bonds is 1. The predicted molar refractivity (Wildman–Crippen MR) is 94.2 cm³/mol. The average molecular weight is 292 g/mol. The van der Waals surface area contributed by atoms with Crippen molar-refractivity contribution in [3.63, 3.8) is 0 Å². The molecule has 0 radical (unpaired) electrons. The molecule has 0 fully saturated rings. The second-order valence-electron chi connectivity index (χ2n) is 5.80. The van der Waals surface area contributed by atoms with Gasteiger partial charge in [-0.05, 0) is 56.9 Å². The van der Waals surface area contributed by atoms with Gasteiger partial charge in [0.1, 0.15) is 5.82 Å². The monoisotopic (exact) mass is 292 g/mol. The Morgan fingerprint density at radius 3 is 1.73 bits per heavy atom. The number of benzene rings is 2. The fourth-order valence-electron chi connectivity index (χ4n) is 2.62. The molecule has 114 valence electrons. The van der Waals surface area contributed by atoms with Crippen molar-refractivity contribution in [2.45, 2.75) is 34.6 Å². The molecule has 0 unspecified atom stereocenters. The predicted octanol–water partition coefficient (Wildman–Crippen LogP) is 5.31. The quantitative estimate of drug-likeness (QED) is 0.647. The number of imidazole rings is 1. The summed E-state index contributed by atoms with van der Waals surface area (Å²) in [4.78, 5) is 7.43. The molecular weight excluding hydrogens is 268 g/mol. The minimum atomic E-state index is 0.958. The fraction of sp³-hybridized carbons (Fsp3) is 0.250. The Balaban J connectivity index is 0.000000188. The zero-order valence-electron chi connectivity index (χ0n) is 14.1. The number of H-pyrrole nitrogens is 1. The van der Waals surface area contributed by atoms with Crippen molar-refractivity contribution in [3.8, 4) is 11.4 Å². The van der Waals surface area contributed by atoms with E-state index < -0.39 is 0 Å². The Bertz CT molecular complexity index is 696. The lowest BCUT2D eigenvalue weighted by Crippen LogP contribution is -1.91. The van der Waals surface area contributed by atoms with Crippen molar-refractivity contribution in [2.75, 3.05) is 0 Å². The van der Waals surface area contributed by atoms with Crippen molar-refractivity contribution < 1.29 is 0 Å². The van der Waals surface area contributed by atoms with Crippen LogP contribution in [0.5, 0.6) is 0 Å². The molecule has 0 bridgehead atoms. The van der Waals surface area contributed by atoms with Crippen LogP contribution < -0.4 is 0 Å². The molecule has 0 aliphatic rings. The van der Waals surface area contributed by atoms with E-state index >= 15 is 0 Å². The summed E-state index contributed by atoms with van der Waals surface area (Å²) in [7, 11) is 0. The highest BCUT2D eigenvalue weighted by Gasteiger charge is 2.07. The van der Waals surface area contributed by atoms with Crippen LogP contribution in [0.1, 0.15) is 27.8 Å². The molecule has 0 saturated carbocycles. The largest absolute Gasteiger partial charge is 0.345 e. The van der Waals surface area contributed by atoms with E-state index in [0.717, 1.165) is 5.82 Å². The topological polar surface area (TPSA) is 28.7 Å². The van der Waals surface area contributed by atoms with Crippen LogP contribution in [-0.4, -0.2) is 9.97 Å². The first-order chi connectivity index (χ1) is 10.5. The van der Waals surface area contributed by atoms with Gasteiger partial charge >= 0.3 is 0 Å². The molecule has 1 aromatic heterocycles. The van der Waals surface area contributed by atoms with Gasteiger partial charge in [-0.15, -0.1) is 0 Å². The molecule has 0 saturated heterocycles. The number of nitrogens with one attached hydrogen (secondary N) is 1. The summed E-state index contributed by atoms with van der Waals surface area (Å²) in [6.07, 6.45) is 3.64. The molecule has 2 heteroatoms. The zero-order valence-corrected chi connectivity index (χ0v) is 14.1. The molecule has 0 amide bonds. The Morgan fingerprint density at radius 2 is 1.32 bits per heavy atom. The molecule has 22 heavy (non-hydrogen) atoms. The van der Waals surface area contributed by atoms with Crippen LogP contribution in [0.25, 0.3) is 11.4 Å². The van der Waals surface area contributed by atoms with E-state index in [1.165, 1.54) is 33.4 Å². The zero-order chi connectivity index (χ0) is 16.1. The average Bonchev–Trinajstić information content (AvgIpc) is 2.95. The molecule has 2 aromatic carbocycles. The first kappa shape index (κ1) is 16.0. The molecule has 0 spiro atoms. The smallest absolute Gasteiger partial charge is 0.137 e. The lowest BCUT2D eigenvalue weighted by Gasteiger charge is -2.08. The van der Waals surface area contributed by atoms with Gasteiger partial charge in [0.05, 0.1) is 0 Å². The lowest BCUT2D eigenvalue weighted by atomic mass is 9.99. The first-order valence-corrected chi connectivity index (χ1v) is 7.59. The molecular formula is C20H24N2. The van der Waals surface area contributed by atoms with Crippen LogP contribution in [0.4, 0.5) is 0 Å². The normalized spacial score (nSPS) is 10.0. The third-order valence-electron chi connectivity index (χ3n) is 3.84. The molecule has 3 aromatic rings. The maximum atomic E-state index is 4.28. The van der Waals surface area contributed by atoms with Gasteiger partial charge in [0.2, 0.25) is 0 Å². The molecule has 1 N–H and O–H groups in total. The maximum Gasteiger partial charge on any atom is 0.137 e. The molecule has 2 nitrogen and oxygen atoms in total. The van der Waals surface area contributed by atoms with Gasteiger partial charge in [0.15, 0.2) is 0 Å². The van der Waals surface area contributed by atoms with E-state index in [1.807, 2.05) is 6.20 Å². The van der Waals surface area contributed by atoms with Gasteiger partial charge in [-0.1, -0.05) is 42.0 Å². The Hall–Kier alpha value is -2.35. The van der Waals surface area contributed by atoms with Crippen LogP contribution in [0.3, 0.4) is 0 Å². The second kappa shape index (κ2) is 7.08. The summed E-state index contributed by atoms with van der Waals surface area (Å²) < 4.78 is 0. The van der Waals surface area contributed by atoms with E-state index in [9.17, 15) is 0 Å². The highest BCUT2D eigenvalue weighted by Crippen LogP contribution is 2.25. The van der Waals surface area contributed by atoms with Crippen LogP contribution in [0.15, 0.2) is 48.8 Å². The fourth-order valence-corrected chi connectivity index (χ4v) is 2.62. The van der Waals surface area contributed by atoms with Gasteiger partial charge in [-0.2, -0.15) is 0 Å². The SMILES string of the molecule is Cc1cc(C)c(-c2ncc[nH]2)c(C)c1.Cc1ccccc1C. The Labute approximate surface area is 133 Å². The molecule has 0 atom stereocenters. The molecule has 3 rings (SSSR count). The number of hydrogen-bond acceptors (Lipinski definition) is 1. The van der Waals surface area contributed by atoms with Gasteiger partial charge in [-0.25, -0.2) is 4.98 Å². The number of nitrogens with zero attached hydrogens (tertiary/aromatic N) is 1. The van der Waals surface area contributed by atoms with E-state index in [0.29, 0.717) is 0 Å². The number of hydrogen-bond donors (Lipinski definition) is 1. The lowest BCUT2D eigenvalue weighted by molar-refractivity contribution is 1.24. The molecule has 1 heterocycles. The van der Waals surface area contributed by atoms with Crippen molar-refractivity contribution in [2.24, 2.45) is 0 Å². The Kier molecular flexibility index (Phi) is 5.16. The maximum absolute atomic E-state index is 4.28. The molecule has 0 aliphatic carbocycles. The van der Waals surface area contributed by atoms with Crippen LogP contribution in [0, 0.1) is 34.6 Å². The summed E-state index contributed by atoms with van der Waals surface area (Å²) in [6, 6.07) is 12.7. The summed E-state index contributed by atoms with van der Waals surface area (Å²) in [5.74, 6) is 0.958. The second-order valence-corrected chi connectivity index (χ2v) is 5.80. The molecule has 0 aliphatic heterocycles. The van der Waals surface area contributed by atoms with Crippen molar-refractivity contribution in [1.82, 2.24) is 9.97 Å². The van der Waals surface area contributed by atoms with Crippen LogP contribution in [-0.2, 0) is 0 Å². The van der Waals surface area contributed by atoms with E-state index in [2.05, 4.69) is 81.0 Å². The van der Waals surface area contributed by atoms with E-state index in [1.54, 1.807) is 6.20 Å². The summed E-state index contributed by atoms with van der Waals surface area (Å²) in [6.45, 7) is 10.6. The summed E-state index contributed by atoms with van der Waals surface area (Å²) in [5.41, 5.74) is 7.81. The third kappa shape index (κ3) is 3.85. The van der Waals surface area contributed by atoms with Gasteiger partial charge in [0.25, 0.3) is 0 Å². The van der Waals surface area contributed by atoms with Crippen molar-refractivity contribution in [3.05, 3.63) is 76.6 Å². The standard InChI is InChI=1S/C12H14N2.C8H10/c1-8-6-9(2)11(10(3)7-8)12-13-4-5-14-12;1-7-5-3-4-6-8(7)2/h4-7H,1-3H3,(H,13,14);3-6H,1-2H3. The van der Waals surface area contributed by atoms with E-state index in [-0.39, 0.29) is 0 Å². The van der Waals surface area contributed by atoms with Crippen LogP contribution >= 0.6 is 0 Å². The van der Waals surface area contributed by atoms with Gasteiger partial charge < -0.3 is 4.98 Å². The minimum Gasteiger partial charge on any atom is -0.345 e. The summed E-state index contributed by atoms with van der Waals surface area (Å²) >= 11 is 0. The Morgan fingerprint density at radius 1 is 0.773 bits per heavy atom. The highest BCUT2D eigenvalue weighted by atomic mass is 14.9. The first-order valence-electron chi connectivity index (χ1n) is 7.59. The van der Waals surface area contributed by atoms with Crippen LogP contribution in [0.2, 0.25) is 0 Å².